The molecule has 0 bridgehead atoms. The summed E-state index contributed by atoms with van der Waals surface area (Å²) in [5.41, 5.74) is 0.443. The van der Waals surface area contributed by atoms with Crippen LogP contribution < -0.4 is 5.32 Å². The van der Waals surface area contributed by atoms with Crippen LogP contribution in [-0.2, 0) is 16.6 Å². The molecule has 0 aliphatic carbocycles. The van der Waals surface area contributed by atoms with Gasteiger partial charge in [0.05, 0.1) is 6.61 Å². The molecule has 0 radical (unpaired) electrons. The second kappa shape index (κ2) is 5.86. The number of amides is 1. The summed E-state index contributed by atoms with van der Waals surface area (Å²) in [4.78, 5) is 21.6. The monoisotopic (exact) mass is 227 g/mol. The predicted molar refractivity (Wildman–Crippen MR) is 54.0 cm³/mol. The molecule has 88 valence electrons. The Hall–Kier alpha value is -1.89. The number of aliphatic carboxylic acids is 1. The molecule has 1 amide bonds. The number of carbonyl (C=O) groups is 2. The van der Waals surface area contributed by atoms with E-state index < -0.39 is 5.97 Å². The van der Waals surface area contributed by atoms with E-state index in [0.29, 0.717) is 5.69 Å². The summed E-state index contributed by atoms with van der Waals surface area (Å²) in [6, 6.07) is 1.59. The SMILES string of the molecule is Cn1nccc1C(=O)NCCOCC(=O)O. The summed E-state index contributed by atoms with van der Waals surface area (Å²) < 4.78 is 6.21. The van der Waals surface area contributed by atoms with Crippen molar-refractivity contribution in [3.63, 3.8) is 0 Å². The summed E-state index contributed by atoms with van der Waals surface area (Å²) in [5, 5.41) is 14.7. The van der Waals surface area contributed by atoms with Gasteiger partial charge in [0.15, 0.2) is 0 Å². The third kappa shape index (κ3) is 3.70. The summed E-state index contributed by atoms with van der Waals surface area (Å²) in [6.07, 6.45) is 1.52. The van der Waals surface area contributed by atoms with Crippen LogP contribution in [-0.4, -0.2) is 46.5 Å². The van der Waals surface area contributed by atoms with Crippen molar-refractivity contribution >= 4 is 11.9 Å². The molecule has 0 aliphatic rings. The minimum atomic E-state index is -1.03. The van der Waals surface area contributed by atoms with Crippen molar-refractivity contribution in [2.45, 2.75) is 0 Å². The number of nitrogens with zero attached hydrogens (tertiary/aromatic N) is 2. The Labute approximate surface area is 92.0 Å². The smallest absolute Gasteiger partial charge is 0.329 e. The van der Waals surface area contributed by atoms with Crippen molar-refractivity contribution in [2.24, 2.45) is 7.05 Å². The number of hydrogen-bond donors (Lipinski definition) is 2. The average Bonchev–Trinajstić information content (AvgIpc) is 2.63. The summed E-state index contributed by atoms with van der Waals surface area (Å²) in [5.74, 6) is -1.29. The van der Waals surface area contributed by atoms with Crippen LogP contribution in [0.2, 0.25) is 0 Å². The second-order valence-electron chi connectivity index (χ2n) is 3.04. The van der Waals surface area contributed by atoms with E-state index in [1.807, 2.05) is 0 Å². The molecule has 7 nitrogen and oxygen atoms in total. The van der Waals surface area contributed by atoms with Gasteiger partial charge in [-0.3, -0.25) is 9.48 Å². The first kappa shape index (κ1) is 12.2. The van der Waals surface area contributed by atoms with Gasteiger partial charge < -0.3 is 15.2 Å². The van der Waals surface area contributed by atoms with Crippen LogP contribution in [0.4, 0.5) is 0 Å². The highest BCUT2D eigenvalue weighted by atomic mass is 16.5. The van der Waals surface area contributed by atoms with Crippen molar-refractivity contribution in [1.82, 2.24) is 15.1 Å². The van der Waals surface area contributed by atoms with Gasteiger partial charge in [-0.25, -0.2) is 4.79 Å². The molecule has 0 unspecified atom stereocenters. The molecule has 0 atom stereocenters. The van der Waals surface area contributed by atoms with Crippen molar-refractivity contribution in [2.75, 3.05) is 19.8 Å². The Morgan fingerprint density at radius 1 is 1.62 bits per heavy atom. The average molecular weight is 227 g/mol. The Bertz CT molecular complexity index is 375. The summed E-state index contributed by atoms with van der Waals surface area (Å²) >= 11 is 0. The first-order valence-electron chi connectivity index (χ1n) is 4.67. The molecule has 0 saturated heterocycles. The number of carboxylic acids is 1. The van der Waals surface area contributed by atoms with Gasteiger partial charge in [0.2, 0.25) is 0 Å². The first-order valence-corrected chi connectivity index (χ1v) is 4.67. The van der Waals surface area contributed by atoms with Crippen molar-refractivity contribution < 1.29 is 19.4 Å². The highest BCUT2D eigenvalue weighted by Crippen LogP contribution is 1.94. The Balaban J connectivity index is 2.21. The van der Waals surface area contributed by atoms with Gasteiger partial charge in [0.25, 0.3) is 5.91 Å². The lowest BCUT2D eigenvalue weighted by Gasteiger charge is -2.05. The standard InChI is InChI=1S/C9H13N3O4/c1-12-7(2-3-11-12)9(15)10-4-5-16-6-8(13)14/h2-3H,4-6H2,1H3,(H,10,15)(H,13,14). The van der Waals surface area contributed by atoms with Gasteiger partial charge in [0, 0.05) is 19.8 Å². The fourth-order valence-corrected chi connectivity index (χ4v) is 1.08. The fraction of sp³-hybridized carbons (Fsp3) is 0.444. The lowest BCUT2D eigenvalue weighted by atomic mass is 10.4. The number of ether oxygens (including phenoxy) is 1. The Kier molecular flexibility index (Phi) is 4.46. The van der Waals surface area contributed by atoms with Crippen LogP contribution in [0.3, 0.4) is 0 Å². The zero-order valence-corrected chi connectivity index (χ0v) is 8.84. The summed E-state index contributed by atoms with van der Waals surface area (Å²) in [6.45, 7) is 0.0643. The third-order valence-corrected chi connectivity index (χ3v) is 1.81. The first-order chi connectivity index (χ1) is 7.61. The van der Waals surface area contributed by atoms with E-state index in [9.17, 15) is 9.59 Å². The number of aromatic nitrogens is 2. The number of carboxylic acid groups (broad SMARTS) is 1. The molecule has 1 rings (SSSR count). The third-order valence-electron chi connectivity index (χ3n) is 1.81. The van der Waals surface area contributed by atoms with Crippen LogP contribution in [0, 0.1) is 0 Å². The molecular formula is C9H13N3O4. The highest BCUT2D eigenvalue weighted by Gasteiger charge is 2.08. The topological polar surface area (TPSA) is 93.5 Å². The molecule has 7 heteroatoms. The van der Waals surface area contributed by atoms with Crippen LogP contribution >= 0.6 is 0 Å². The lowest BCUT2D eigenvalue weighted by Crippen LogP contribution is -2.29. The second-order valence-corrected chi connectivity index (χ2v) is 3.04. The minimum absolute atomic E-state index is 0.163. The lowest BCUT2D eigenvalue weighted by molar-refractivity contribution is -0.142. The van der Waals surface area contributed by atoms with Crippen molar-refractivity contribution in [3.05, 3.63) is 18.0 Å². The molecular weight excluding hydrogens is 214 g/mol. The van der Waals surface area contributed by atoms with E-state index in [0.717, 1.165) is 0 Å². The maximum atomic E-state index is 11.5. The molecule has 0 spiro atoms. The quantitative estimate of drug-likeness (QED) is 0.624. The van der Waals surface area contributed by atoms with E-state index in [2.05, 4.69) is 10.4 Å². The number of rotatable bonds is 6. The number of nitrogens with one attached hydrogen (secondary N) is 1. The molecule has 0 aromatic carbocycles. The van der Waals surface area contributed by atoms with Gasteiger partial charge in [0.1, 0.15) is 12.3 Å². The van der Waals surface area contributed by atoms with Gasteiger partial charge in [-0.2, -0.15) is 5.10 Å². The van der Waals surface area contributed by atoms with E-state index >= 15 is 0 Å². The molecule has 1 aromatic heterocycles. The van der Waals surface area contributed by atoms with E-state index in [-0.39, 0.29) is 25.7 Å². The molecule has 16 heavy (non-hydrogen) atoms. The molecule has 1 heterocycles. The molecule has 2 N–H and O–H groups in total. The highest BCUT2D eigenvalue weighted by molar-refractivity contribution is 5.92. The molecule has 0 aliphatic heterocycles. The van der Waals surface area contributed by atoms with Crippen LogP contribution in [0.25, 0.3) is 0 Å². The fourth-order valence-electron chi connectivity index (χ4n) is 1.08. The van der Waals surface area contributed by atoms with Crippen molar-refractivity contribution in [3.8, 4) is 0 Å². The Morgan fingerprint density at radius 3 is 2.94 bits per heavy atom. The number of aryl methyl sites for hydroxylation is 1. The van der Waals surface area contributed by atoms with Gasteiger partial charge in [-0.15, -0.1) is 0 Å². The normalized spacial score (nSPS) is 10.1. The maximum absolute atomic E-state index is 11.5. The van der Waals surface area contributed by atoms with Crippen LogP contribution in [0.1, 0.15) is 10.5 Å². The Morgan fingerprint density at radius 2 is 2.38 bits per heavy atom. The summed E-state index contributed by atoms with van der Waals surface area (Å²) in [7, 11) is 1.66. The van der Waals surface area contributed by atoms with Crippen LogP contribution in [0.5, 0.6) is 0 Å². The largest absolute Gasteiger partial charge is 0.480 e. The molecule has 0 fully saturated rings. The van der Waals surface area contributed by atoms with E-state index in [1.54, 1.807) is 13.1 Å². The van der Waals surface area contributed by atoms with E-state index in [1.165, 1.54) is 10.9 Å². The van der Waals surface area contributed by atoms with Crippen LogP contribution in [0.15, 0.2) is 12.3 Å². The van der Waals surface area contributed by atoms with Gasteiger partial charge in [-0.05, 0) is 6.07 Å². The zero-order chi connectivity index (χ0) is 12.0. The number of carbonyl (C=O) groups excluding carboxylic acids is 1. The number of hydrogen-bond acceptors (Lipinski definition) is 4. The van der Waals surface area contributed by atoms with Gasteiger partial charge in [-0.1, -0.05) is 0 Å². The zero-order valence-electron chi connectivity index (χ0n) is 8.84. The minimum Gasteiger partial charge on any atom is -0.480 e. The van der Waals surface area contributed by atoms with E-state index in [4.69, 9.17) is 9.84 Å². The molecule has 0 saturated carbocycles. The molecule has 1 aromatic rings. The van der Waals surface area contributed by atoms with Crippen molar-refractivity contribution in [1.29, 1.82) is 0 Å². The maximum Gasteiger partial charge on any atom is 0.329 e. The van der Waals surface area contributed by atoms with Gasteiger partial charge >= 0.3 is 5.97 Å². The predicted octanol–water partition coefficient (Wildman–Crippen LogP) is -0.749.